The smallest absolute Gasteiger partial charge is 0.274 e. The molecule has 2 heterocycles. The minimum Gasteiger partial charge on any atom is -0.332 e. The first kappa shape index (κ1) is 10.6. The number of nitrogens with two attached hydrogens (primary N) is 1. The van der Waals surface area contributed by atoms with Crippen molar-refractivity contribution in [2.45, 2.75) is 19.4 Å². The lowest BCUT2D eigenvalue weighted by Gasteiger charge is -1.96. The molecule has 0 amide bonds. The second kappa shape index (κ2) is 4.28. The van der Waals surface area contributed by atoms with Crippen molar-refractivity contribution in [3.05, 3.63) is 34.4 Å². The number of pyridine rings is 1. The van der Waals surface area contributed by atoms with Crippen LogP contribution in [-0.2, 0) is 6.42 Å². The first-order chi connectivity index (χ1) is 7.65. The lowest BCUT2D eigenvalue weighted by atomic mass is 10.2. The fraction of sp³-hybridized carbons (Fsp3) is 0.300. The maximum atomic E-state index is 11.1. The van der Waals surface area contributed by atoms with Crippen molar-refractivity contribution < 1.29 is 4.52 Å². The molecule has 6 heteroatoms. The Bertz CT molecular complexity index is 529. The maximum absolute atomic E-state index is 11.1. The Balaban J connectivity index is 2.28. The molecule has 0 saturated heterocycles. The number of nitrogens with one attached hydrogen (secondary N) is 1. The molecule has 6 nitrogen and oxygen atoms in total. The molecular weight excluding hydrogens is 208 g/mol. The van der Waals surface area contributed by atoms with Crippen LogP contribution in [-0.4, -0.2) is 21.2 Å². The van der Waals surface area contributed by atoms with E-state index in [1.54, 1.807) is 12.1 Å². The molecule has 0 aliphatic carbocycles. The fourth-order valence-electron chi connectivity index (χ4n) is 1.31. The highest BCUT2D eigenvalue weighted by molar-refractivity contribution is 5.45. The average Bonchev–Trinajstić information content (AvgIpc) is 2.65. The molecule has 2 aromatic rings. The SMILES string of the molecule is CC(N)Cc1noc(-c2cccc(=O)[nH]2)n1. The van der Waals surface area contributed by atoms with Crippen molar-refractivity contribution in [1.82, 2.24) is 15.1 Å². The molecule has 0 aliphatic rings. The Kier molecular flexibility index (Phi) is 2.82. The number of H-pyrrole nitrogens is 1. The van der Waals surface area contributed by atoms with Crippen LogP contribution in [0.5, 0.6) is 0 Å². The largest absolute Gasteiger partial charge is 0.332 e. The van der Waals surface area contributed by atoms with Crippen molar-refractivity contribution in [3.8, 4) is 11.6 Å². The van der Waals surface area contributed by atoms with E-state index in [-0.39, 0.29) is 11.6 Å². The van der Waals surface area contributed by atoms with Crippen LogP contribution in [0.25, 0.3) is 11.6 Å². The third-order valence-corrected chi connectivity index (χ3v) is 1.97. The molecule has 0 saturated carbocycles. The van der Waals surface area contributed by atoms with Gasteiger partial charge in [-0.15, -0.1) is 0 Å². The highest BCUT2D eigenvalue weighted by Crippen LogP contribution is 2.12. The molecule has 0 radical (unpaired) electrons. The van der Waals surface area contributed by atoms with Crippen LogP contribution in [0.4, 0.5) is 0 Å². The number of hydrogen-bond donors (Lipinski definition) is 2. The summed E-state index contributed by atoms with van der Waals surface area (Å²) in [5, 5.41) is 3.77. The first-order valence-corrected chi connectivity index (χ1v) is 4.93. The van der Waals surface area contributed by atoms with Gasteiger partial charge in [0.15, 0.2) is 5.82 Å². The summed E-state index contributed by atoms with van der Waals surface area (Å²) in [6.07, 6.45) is 0.542. The monoisotopic (exact) mass is 220 g/mol. The molecule has 0 aliphatic heterocycles. The Labute approximate surface area is 91.5 Å². The van der Waals surface area contributed by atoms with E-state index in [0.717, 1.165) is 0 Å². The summed E-state index contributed by atoms with van der Waals surface area (Å²) in [5.74, 6) is 0.836. The van der Waals surface area contributed by atoms with E-state index in [4.69, 9.17) is 10.3 Å². The van der Waals surface area contributed by atoms with Gasteiger partial charge >= 0.3 is 0 Å². The van der Waals surface area contributed by atoms with E-state index in [1.807, 2.05) is 6.92 Å². The first-order valence-electron chi connectivity index (χ1n) is 4.93. The molecule has 16 heavy (non-hydrogen) atoms. The van der Waals surface area contributed by atoms with Crippen LogP contribution < -0.4 is 11.3 Å². The minimum absolute atomic E-state index is 0.0275. The molecule has 0 fully saturated rings. The second-order valence-corrected chi connectivity index (χ2v) is 3.63. The van der Waals surface area contributed by atoms with Gasteiger partial charge in [0.2, 0.25) is 5.56 Å². The van der Waals surface area contributed by atoms with E-state index in [1.165, 1.54) is 6.07 Å². The molecule has 0 aromatic carbocycles. The summed E-state index contributed by atoms with van der Waals surface area (Å²) >= 11 is 0. The van der Waals surface area contributed by atoms with Gasteiger partial charge in [0.1, 0.15) is 5.69 Å². The predicted molar refractivity (Wildman–Crippen MR) is 57.7 cm³/mol. The topological polar surface area (TPSA) is 97.8 Å². The van der Waals surface area contributed by atoms with Crippen LogP contribution in [0.2, 0.25) is 0 Å². The number of aromatic amines is 1. The van der Waals surface area contributed by atoms with Crippen LogP contribution in [0.3, 0.4) is 0 Å². The van der Waals surface area contributed by atoms with Crippen LogP contribution >= 0.6 is 0 Å². The lowest BCUT2D eigenvalue weighted by Crippen LogP contribution is -2.18. The van der Waals surface area contributed by atoms with Gasteiger partial charge in [-0.2, -0.15) is 4.98 Å². The van der Waals surface area contributed by atoms with Crippen LogP contribution in [0.1, 0.15) is 12.7 Å². The van der Waals surface area contributed by atoms with E-state index in [0.29, 0.717) is 23.8 Å². The summed E-state index contributed by atoms with van der Waals surface area (Å²) in [5.41, 5.74) is 5.92. The average molecular weight is 220 g/mol. The Hall–Kier alpha value is -1.95. The van der Waals surface area contributed by atoms with Gasteiger partial charge in [0, 0.05) is 18.5 Å². The molecule has 1 atom stereocenters. The Morgan fingerprint density at radius 1 is 1.56 bits per heavy atom. The number of nitrogens with zero attached hydrogens (tertiary/aromatic N) is 2. The van der Waals surface area contributed by atoms with E-state index in [2.05, 4.69) is 15.1 Å². The number of rotatable bonds is 3. The Morgan fingerprint density at radius 2 is 2.38 bits per heavy atom. The molecule has 2 aromatic heterocycles. The summed E-state index contributed by atoms with van der Waals surface area (Å²) in [6, 6.07) is 4.72. The van der Waals surface area contributed by atoms with E-state index >= 15 is 0 Å². The molecule has 1 unspecified atom stereocenters. The van der Waals surface area contributed by atoms with Gasteiger partial charge < -0.3 is 15.2 Å². The third kappa shape index (κ3) is 2.34. The van der Waals surface area contributed by atoms with Crippen LogP contribution in [0.15, 0.2) is 27.5 Å². The molecule has 84 valence electrons. The third-order valence-electron chi connectivity index (χ3n) is 1.97. The summed E-state index contributed by atoms with van der Waals surface area (Å²) < 4.78 is 5.02. The molecule has 2 rings (SSSR count). The van der Waals surface area contributed by atoms with Crippen molar-refractivity contribution >= 4 is 0 Å². The molecule has 0 bridgehead atoms. The highest BCUT2D eigenvalue weighted by atomic mass is 16.5. The van der Waals surface area contributed by atoms with Gasteiger partial charge in [-0.1, -0.05) is 11.2 Å². The summed E-state index contributed by atoms with van der Waals surface area (Å²) in [6.45, 7) is 1.86. The number of aromatic nitrogens is 3. The quantitative estimate of drug-likeness (QED) is 0.776. The van der Waals surface area contributed by atoms with E-state index < -0.39 is 0 Å². The lowest BCUT2D eigenvalue weighted by molar-refractivity contribution is 0.419. The zero-order valence-corrected chi connectivity index (χ0v) is 8.80. The standard InChI is InChI=1S/C10H12N4O2/c1-6(11)5-8-13-10(16-14-8)7-3-2-4-9(15)12-7/h2-4,6H,5,11H2,1H3,(H,12,15). The normalized spacial score (nSPS) is 12.6. The predicted octanol–water partition coefficient (Wildman–Crippen LogP) is 0.315. The van der Waals surface area contributed by atoms with Gasteiger partial charge in [0.05, 0.1) is 0 Å². The van der Waals surface area contributed by atoms with Crippen molar-refractivity contribution in [1.29, 1.82) is 0 Å². The molecular formula is C10H12N4O2. The van der Waals surface area contributed by atoms with Gasteiger partial charge in [0.25, 0.3) is 5.89 Å². The van der Waals surface area contributed by atoms with Gasteiger partial charge in [-0.25, -0.2) is 0 Å². The van der Waals surface area contributed by atoms with Crippen molar-refractivity contribution in [3.63, 3.8) is 0 Å². The molecule has 0 spiro atoms. The van der Waals surface area contributed by atoms with E-state index in [9.17, 15) is 4.79 Å². The van der Waals surface area contributed by atoms with Gasteiger partial charge in [-0.3, -0.25) is 4.79 Å². The maximum Gasteiger partial charge on any atom is 0.274 e. The Morgan fingerprint density at radius 3 is 3.06 bits per heavy atom. The van der Waals surface area contributed by atoms with Gasteiger partial charge in [-0.05, 0) is 13.0 Å². The number of hydrogen-bond acceptors (Lipinski definition) is 5. The zero-order valence-electron chi connectivity index (χ0n) is 8.80. The summed E-state index contributed by atoms with van der Waals surface area (Å²) in [4.78, 5) is 17.8. The summed E-state index contributed by atoms with van der Waals surface area (Å²) in [7, 11) is 0. The fourth-order valence-corrected chi connectivity index (χ4v) is 1.31. The zero-order chi connectivity index (χ0) is 11.5. The van der Waals surface area contributed by atoms with Crippen molar-refractivity contribution in [2.75, 3.05) is 0 Å². The van der Waals surface area contributed by atoms with Crippen LogP contribution in [0, 0.1) is 0 Å². The highest BCUT2D eigenvalue weighted by Gasteiger charge is 2.10. The van der Waals surface area contributed by atoms with Crippen molar-refractivity contribution in [2.24, 2.45) is 5.73 Å². The minimum atomic E-state index is -0.204. The second-order valence-electron chi connectivity index (χ2n) is 3.63. The molecule has 3 N–H and O–H groups in total.